The van der Waals surface area contributed by atoms with Gasteiger partial charge in [-0.05, 0) is 61.7 Å². The number of carbonyl (C=O) groups excluding carboxylic acids is 1. The number of piperidine rings is 1. The summed E-state index contributed by atoms with van der Waals surface area (Å²) in [6, 6.07) is 10.2. The molecule has 3 heterocycles. The number of aromatic nitrogens is 1. The predicted molar refractivity (Wildman–Crippen MR) is 100 cm³/mol. The van der Waals surface area contributed by atoms with Crippen LogP contribution >= 0.6 is 0 Å². The molecule has 142 valence electrons. The van der Waals surface area contributed by atoms with Crippen molar-refractivity contribution in [2.45, 2.75) is 37.5 Å². The number of benzene rings is 1. The minimum atomic E-state index is -0.392. The van der Waals surface area contributed by atoms with E-state index in [-0.39, 0.29) is 24.2 Å². The molecular formula is C20H24FN5O. The molecule has 27 heavy (non-hydrogen) atoms. The maximum absolute atomic E-state index is 13.3. The third kappa shape index (κ3) is 4.32. The molecule has 4 rings (SSSR count). The number of hydrogen-bond donors (Lipinski definition) is 3. The molecule has 3 N–H and O–H groups in total. The number of pyridine rings is 1. The highest BCUT2D eigenvalue weighted by Crippen LogP contribution is 2.25. The quantitative estimate of drug-likeness (QED) is 0.769. The molecule has 2 aliphatic heterocycles. The Labute approximate surface area is 158 Å². The Bertz CT molecular complexity index is 787. The van der Waals surface area contributed by atoms with Crippen LogP contribution in [0.4, 0.5) is 4.39 Å². The van der Waals surface area contributed by atoms with Crippen LogP contribution < -0.4 is 16.2 Å². The third-order valence-electron chi connectivity index (χ3n) is 5.31. The monoisotopic (exact) mass is 369 g/mol. The van der Waals surface area contributed by atoms with Gasteiger partial charge in [0.25, 0.3) is 5.91 Å². The summed E-state index contributed by atoms with van der Waals surface area (Å²) in [5.41, 5.74) is 8.32. The molecule has 2 aromatic rings. The molecule has 0 saturated carbocycles. The van der Waals surface area contributed by atoms with Crippen LogP contribution in [0.2, 0.25) is 0 Å². The SMILES string of the molecule is O=C(NC1CCCN(C2CC(c3ccncc3)NN2)C1)c1cccc(F)c1. The van der Waals surface area contributed by atoms with Gasteiger partial charge in [0.15, 0.2) is 0 Å². The Balaban J connectivity index is 1.34. The normalized spacial score (nSPS) is 26.0. The van der Waals surface area contributed by atoms with Crippen molar-refractivity contribution in [1.82, 2.24) is 26.1 Å². The first-order valence-corrected chi connectivity index (χ1v) is 9.40. The summed E-state index contributed by atoms with van der Waals surface area (Å²) >= 11 is 0. The lowest BCUT2D eigenvalue weighted by atomic mass is 10.0. The number of carbonyl (C=O) groups is 1. The van der Waals surface area contributed by atoms with Crippen LogP contribution in [-0.4, -0.2) is 41.1 Å². The van der Waals surface area contributed by atoms with Crippen molar-refractivity contribution >= 4 is 5.91 Å². The van der Waals surface area contributed by atoms with E-state index in [0.717, 1.165) is 32.4 Å². The van der Waals surface area contributed by atoms with E-state index in [2.05, 4.69) is 26.1 Å². The van der Waals surface area contributed by atoms with Crippen LogP contribution in [-0.2, 0) is 0 Å². The summed E-state index contributed by atoms with van der Waals surface area (Å²) in [6.07, 6.45) is 6.75. The van der Waals surface area contributed by atoms with Gasteiger partial charge >= 0.3 is 0 Å². The molecule has 0 bridgehead atoms. The highest BCUT2D eigenvalue weighted by atomic mass is 19.1. The first-order chi connectivity index (χ1) is 13.2. The number of halogens is 1. The van der Waals surface area contributed by atoms with Gasteiger partial charge in [0.1, 0.15) is 5.82 Å². The zero-order chi connectivity index (χ0) is 18.6. The van der Waals surface area contributed by atoms with Crippen molar-refractivity contribution in [1.29, 1.82) is 0 Å². The molecule has 1 aromatic carbocycles. The summed E-state index contributed by atoms with van der Waals surface area (Å²) in [4.78, 5) is 18.8. The standard InChI is InChI=1S/C20H24FN5O/c21-16-4-1-3-15(11-16)20(27)23-17-5-2-10-26(13-17)19-12-18(24-25-19)14-6-8-22-9-7-14/h1,3-4,6-9,11,17-19,24-25H,2,5,10,12-13H2,(H,23,27). The summed E-state index contributed by atoms with van der Waals surface area (Å²) in [5, 5.41) is 3.05. The first-order valence-electron chi connectivity index (χ1n) is 9.40. The molecule has 2 aliphatic rings. The zero-order valence-corrected chi connectivity index (χ0v) is 15.1. The number of hydrazine groups is 1. The minimum Gasteiger partial charge on any atom is -0.348 e. The molecule has 7 heteroatoms. The van der Waals surface area contributed by atoms with Crippen LogP contribution in [0.15, 0.2) is 48.8 Å². The van der Waals surface area contributed by atoms with Gasteiger partial charge in [0.2, 0.25) is 0 Å². The Morgan fingerprint density at radius 2 is 2.07 bits per heavy atom. The van der Waals surface area contributed by atoms with Gasteiger partial charge in [-0.15, -0.1) is 0 Å². The lowest BCUT2D eigenvalue weighted by Crippen LogP contribution is -2.54. The molecule has 1 amide bonds. The largest absolute Gasteiger partial charge is 0.348 e. The average molecular weight is 369 g/mol. The van der Waals surface area contributed by atoms with Crippen molar-refractivity contribution in [3.63, 3.8) is 0 Å². The summed E-state index contributed by atoms with van der Waals surface area (Å²) in [6.45, 7) is 1.78. The highest BCUT2D eigenvalue weighted by Gasteiger charge is 2.32. The van der Waals surface area contributed by atoms with E-state index in [4.69, 9.17) is 0 Å². The maximum atomic E-state index is 13.3. The third-order valence-corrected chi connectivity index (χ3v) is 5.31. The van der Waals surface area contributed by atoms with Gasteiger partial charge in [-0.2, -0.15) is 0 Å². The predicted octanol–water partition coefficient (Wildman–Crippen LogP) is 1.98. The van der Waals surface area contributed by atoms with Crippen LogP contribution in [0.3, 0.4) is 0 Å². The highest BCUT2D eigenvalue weighted by molar-refractivity contribution is 5.94. The van der Waals surface area contributed by atoms with Gasteiger partial charge in [-0.25, -0.2) is 15.2 Å². The van der Waals surface area contributed by atoms with Gasteiger partial charge in [0, 0.05) is 36.6 Å². The zero-order valence-electron chi connectivity index (χ0n) is 15.1. The number of hydrogen-bond acceptors (Lipinski definition) is 5. The van der Waals surface area contributed by atoms with Crippen molar-refractivity contribution in [2.75, 3.05) is 13.1 Å². The Morgan fingerprint density at radius 3 is 2.89 bits per heavy atom. The van der Waals surface area contributed by atoms with Crippen molar-refractivity contribution < 1.29 is 9.18 Å². The van der Waals surface area contributed by atoms with E-state index in [9.17, 15) is 9.18 Å². The lowest BCUT2D eigenvalue weighted by Gasteiger charge is -2.36. The minimum absolute atomic E-state index is 0.0660. The summed E-state index contributed by atoms with van der Waals surface area (Å²) < 4.78 is 13.3. The molecule has 0 spiro atoms. The van der Waals surface area contributed by atoms with Crippen molar-refractivity contribution in [3.05, 3.63) is 65.7 Å². The topological polar surface area (TPSA) is 69.3 Å². The fourth-order valence-electron chi connectivity index (χ4n) is 3.90. The van der Waals surface area contributed by atoms with E-state index < -0.39 is 5.82 Å². The van der Waals surface area contributed by atoms with E-state index in [1.54, 1.807) is 12.1 Å². The molecule has 0 aliphatic carbocycles. The maximum Gasteiger partial charge on any atom is 0.251 e. The number of likely N-dealkylation sites (tertiary alicyclic amines) is 1. The van der Waals surface area contributed by atoms with Crippen molar-refractivity contribution in [2.24, 2.45) is 0 Å². The number of amides is 1. The van der Waals surface area contributed by atoms with E-state index >= 15 is 0 Å². The fourth-order valence-corrected chi connectivity index (χ4v) is 3.90. The number of nitrogens with one attached hydrogen (secondary N) is 3. The van der Waals surface area contributed by atoms with E-state index in [1.165, 1.54) is 17.7 Å². The molecule has 1 aromatic heterocycles. The lowest BCUT2D eigenvalue weighted by molar-refractivity contribution is 0.0855. The second kappa shape index (κ2) is 8.12. The molecular weight excluding hydrogens is 345 g/mol. The summed E-state index contributed by atoms with van der Waals surface area (Å²) in [7, 11) is 0. The molecule has 2 saturated heterocycles. The second-order valence-corrected chi connectivity index (χ2v) is 7.19. The first kappa shape index (κ1) is 18.0. The Kier molecular flexibility index (Phi) is 5.42. The number of rotatable bonds is 4. The van der Waals surface area contributed by atoms with Crippen LogP contribution in [0.5, 0.6) is 0 Å². The van der Waals surface area contributed by atoms with Gasteiger partial charge in [-0.1, -0.05) is 6.07 Å². The molecule has 2 fully saturated rings. The average Bonchev–Trinajstić information content (AvgIpc) is 3.19. The van der Waals surface area contributed by atoms with E-state index in [0.29, 0.717) is 5.56 Å². The molecule has 3 unspecified atom stereocenters. The Hall–Kier alpha value is -2.35. The van der Waals surface area contributed by atoms with Crippen LogP contribution in [0, 0.1) is 5.82 Å². The molecule has 6 nitrogen and oxygen atoms in total. The van der Waals surface area contributed by atoms with Gasteiger partial charge in [0.05, 0.1) is 6.17 Å². The molecule has 3 atom stereocenters. The smallest absolute Gasteiger partial charge is 0.251 e. The van der Waals surface area contributed by atoms with Crippen LogP contribution in [0.1, 0.15) is 41.2 Å². The van der Waals surface area contributed by atoms with Gasteiger partial charge in [-0.3, -0.25) is 14.7 Å². The van der Waals surface area contributed by atoms with E-state index in [1.807, 2.05) is 24.5 Å². The fraction of sp³-hybridized carbons (Fsp3) is 0.400. The van der Waals surface area contributed by atoms with Crippen LogP contribution in [0.25, 0.3) is 0 Å². The Morgan fingerprint density at radius 1 is 1.22 bits per heavy atom. The second-order valence-electron chi connectivity index (χ2n) is 7.19. The molecule has 0 radical (unpaired) electrons. The number of nitrogens with zero attached hydrogens (tertiary/aromatic N) is 2. The van der Waals surface area contributed by atoms with Gasteiger partial charge < -0.3 is 5.32 Å². The summed E-state index contributed by atoms with van der Waals surface area (Å²) in [5.74, 6) is -0.607. The van der Waals surface area contributed by atoms with Crippen molar-refractivity contribution in [3.8, 4) is 0 Å².